The number of hydrogen-bond acceptors (Lipinski definition) is 7. The van der Waals surface area contributed by atoms with Crippen molar-refractivity contribution >= 4 is 34.2 Å². The van der Waals surface area contributed by atoms with E-state index in [1.165, 1.54) is 31.4 Å². The number of nitro benzene ring substituents is 1. The van der Waals surface area contributed by atoms with Crippen molar-refractivity contribution in [3.05, 3.63) is 79.1 Å². The van der Waals surface area contributed by atoms with Crippen LogP contribution in [0.3, 0.4) is 0 Å². The van der Waals surface area contributed by atoms with E-state index in [0.29, 0.717) is 16.7 Å². The number of ether oxygens (including phenoxy) is 2. The molecule has 1 heterocycles. The van der Waals surface area contributed by atoms with E-state index >= 15 is 0 Å². The van der Waals surface area contributed by atoms with Crippen LogP contribution < -0.4 is 10.4 Å². The van der Waals surface area contributed by atoms with Crippen LogP contribution in [0.5, 0.6) is 5.75 Å². The Balaban J connectivity index is 1.90. The fraction of sp³-hybridized carbons (Fsp3) is 0.111. The summed E-state index contributed by atoms with van der Waals surface area (Å²) in [5.74, 6) is -0.412. The van der Waals surface area contributed by atoms with Crippen LogP contribution in [0.25, 0.3) is 11.0 Å². The summed E-state index contributed by atoms with van der Waals surface area (Å²) >= 11 is 5.73. The van der Waals surface area contributed by atoms with Crippen molar-refractivity contribution in [3.8, 4) is 5.75 Å². The first-order chi connectivity index (χ1) is 12.9. The molecule has 0 aliphatic carbocycles. The second-order valence-corrected chi connectivity index (χ2v) is 5.88. The lowest BCUT2D eigenvalue weighted by Gasteiger charge is -2.08. The Labute approximate surface area is 157 Å². The zero-order chi connectivity index (χ0) is 19.6. The molecule has 27 heavy (non-hydrogen) atoms. The number of nitro groups is 1. The number of carbonyl (C=O) groups is 1. The van der Waals surface area contributed by atoms with Crippen LogP contribution in [-0.4, -0.2) is 18.0 Å². The number of carbonyl (C=O) groups excluding carboxylic acids is 1. The van der Waals surface area contributed by atoms with Gasteiger partial charge in [-0.25, -0.2) is 9.59 Å². The third kappa shape index (κ3) is 3.90. The molecule has 0 unspecified atom stereocenters. The maximum atomic E-state index is 12.3. The third-order valence-electron chi connectivity index (χ3n) is 3.77. The summed E-state index contributed by atoms with van der Waals surface area (Å²) in [6.07, 6.45) is 0. The van der Waals surface area contributed by atoms with Gasteiger partial charge in [-0.05, 0) is 24.3 Å². The number of hydrogen-bond donors (Lipinski definition) is 0. The van der Waals surface area contributed by atoms with Gasteiger partial charge in [0.1, 0.15) is 23.5 Å². The maximum Gasteiger partial charge on any atom is 0.345 e. The summed E-state index contributed by atoms with van der Waals surface area (Å²) in [4.78, 5) is 34.4. The van der Waals surface area contributed by atoms with Crippen molar-refractivity contribution < 1.29 is 23.6 Å². The van der Waals surface area contributed by atoms with Gasteiger partial charge in [0.2, 0.25) is 0 Å². The summed E-state index contributed by atoms with van der Waals surface area (Å²) < 4.78 is 15.4. The van der Waals surface area contributed by atoms with Crippen LogP contribution in [-0.2, 0) is 11.3 Å². The molecule has 0 atom stereocenters. The second-order valence-electron chi connectivity index (χ2n) is 5.45. The minimum atomic E-state index is -0.909. The molecule has 0 aliphatic rings. The predicted molar refractivity (Wildman–Crippen MR) is 96.3 cm³/mol. The fourth-order valence-electron chi connectivity index (χ4n) is 2.51. The van der Waals surface area contributed by atoms with E-state index < -0.39 is 22.2 Å². The molecule has 0 radical (unpaired) electrons. The molecule has 0 saturated carbocycles. The molecule has 0 spiro atoms. The first-order valence-corrected chi connectivity index (χ1v) is 7.98. The largest absolute Gasteiger partial charge is 0.497 e. The number of rotatable bonds is 5. The summed E-state index contributed by atoms with van der Waals surface area (Å²) in [6, 6.07) is 9.68. The highest BCUT2D eigenvalue weighted by Crippen LogP contribution is 2.26. The second kappa shape index (κ2) is 7.46. The average molecular weight is 390 g/mol. The molecule has 0 bridgehead atoms. The van der Waals surface area contributed by atoms with Gasteiger partial charge in [-0.2, -0.15) is 0 Å². The molecule has 0 fully saturated rings. The van der Waals surface area contributed by atoms with E-state index in [1.54, 1.807) is 12.1 Å². The van der Waals surface area contributed by atoms with Crippen molar-refractivity contribution in [2.45, 2.75) is 6.61 Å². The van der Waals surface area contributed by atoms with Crippen LogP contribution in [0.4, 0.5) is 5.69 Å². The lowest BCUT2D eigenvalue weighted by molar-refractivity contribution is -0.385. The van der Waals surface area contributed by atoms with Gasteiger partial charge in [-0.3, -0.25) is 10.1 Å². The molecule has 0 amide bonds. The smallest absolute Gasteiger partial charge is 0.345 e. The Kier molecular flexibility index (Phi) is 5.09. The topological polar surface area (TPSA) is 109 Å². The molecular formula is C18H12ClNO7. The molecular weight excluding hydrogens is 378 g/mol. The average Bonchev–Trinajstić information content (AvgIpc) is 2.64. The highest BCUT2D eigenvalue weighted by Gasteiger charge is 2.22. The van der Waals surface area contributed by atoms with E-state index in [1.807, 2.05) is 0 Å². The van der Waals surface area contributed by atoms with Crippen molar-refractivity contribution in [1.82, 2.24) is 0 Å². The van der Waals surface area contributed by atoms with Crippen LogP contribution in [0, 0.1) is 10.1 Å². The summed E-state index contributed by atoms with van der Waals surface area (Å²) in [5, 5.41) is 11.8. The maximum absolute atomic E-state index is 12.3. The van der Waals surface area contributed by atoms with Crippen molar-refractivity contribution in [3.63, 3.8) is 0 Å². The molecule has 0 aliphatic heterocycles. The normalized spacial score (nSPS) is 10.6. The third-order valence-corrected chi connectivity index (χ3v) is 4.01. The molecule has 3 rings (SSSR count). The first kappa shape index (κ1) is 18.4. The Hall–Kier alpha value is -3.39. The van der Waals surface area contributed by atoms with Crippen LogP contribution >= 0.6 is 11.6 Å². The molecule has 9 heteroatoms. The first-order valence-electron chi connectivity index (χ1n) is 7.61. The number of halogens is 1. The van der Waals surface area contributed by atoms with Crippen LogP contribution in [0.15, 0.2) is 51.7 Å². The van der Waals surface area contributed by atoms with Crippen molar-refractivity contribution in [2.75, 3.05) is 7.11 Å². The molecule has 3 aromatic rings. The standard InChI is InChI=1S/C18H12ClNO7/c1-25-12-3-5-13-10(6-17(21)27-16(13)8-12)9-26-18(22)14-4-2-11(19)7-15(14)20(23)24/h2-8H,9H2,1H3. The molecule has 8 nitrogen and oxygen atoms in total. The predicted octanol–water partition coefficient (Wildman–Crippen LogP) is 3.72. The van der Waals surface area contributed by atoms with Gasteiger partial charge in [-0.15, -0.1) is 0 Å². The monoisotopic (exact) mass is 389 g/mol. The zero-order valence-corrected chi connectivity index (χ0v) is 14.7. The number of methoxy groups -OCH3 is 1. The van der Waals surface area contributed by atoms with E-state index in [4.69, 9.17) is 25.5 Å². The van der Waals surface area contributed by atoms with Gasteiger partial charge >= 0.3 is 11.6 Å². The van der Waals surface area contributed by atoms with Gasteiger partial charge in [-0.1, -0.05) is 11.6 Å². The SMILES string of the molecule is COc1ccc2c(COC(=O)c3ccc(Cl)cc3[N+](=O)[O-])cc(=O)oc2c1. The number of fused-ring (bicyclic) bond motifs is 1. The molecule has 0 N–H and O–H groups in total. The summed E-state index contributed by atoms with van der Waals surface area (Å²) in [6.45, 7) is -0.271. The van der Waals surface area contributed by atoms with Crippen molar-refractivity contribution in [1.29, 1.82) is 0 Å². The van der Waals surface area contributed by atoms with Gasteiger partial charge in [0.15, 0.2) is 0 Å². The number of nitrogens with zero attached hydrogens (tertiary/aromatic N) is 1. The highest BCUT2D eigenvalue weighted by molar-refractivity contribution is 6.31. The van der Waals surface area contributed by atoms with E-state index in [-0.39, 0.29) is 22.8 Å². The summed E-state index contributed by atoms with van der Waals surface area (Å²) in [5.41, 5.74) is -0.661. The minimum absolute atomic E-state index is 0.124. The lowest BCUT2D eigenvalue weighted by atomic mass is 10.1. The van der Waals surface area contributed by atoms with E-state index in [2.05, 4.69) is 0 Å². The van der Waals surface area contributed by atoms with Crippen molar-refractivity contribution in [2.24, 2.45) is 0 Å². The minimum Gasteiger partial charge on any atom is -0.497 e. The van der Waals surface area contributed by atoms with E-state index in [0.717, 1.165) is 6.07 Å². The van der Waals surface area contributed by atoms with Gasteiger partial charge < -0.3 is 13.9 Å². The highest BCUT2D eigenvalue weighted by atomic mass is 35.5. The summed E-state index contributed by atoms with van der Waals surface area (Å²) in [7, 11) is 1.48. The Morgan fingerprint density at radius 1 is 1.22 bits per heavy atom. The Bertz CT molecular complexity index is 1110. The van der Waals surface area contributed by atoms with E-state index in [9.17, 15) is 19.7 Å². The molecule has 0 saturated heterocycles. The number of benzene rings is 2. The van der Waals surface area contributed by atoms with Gasteiger partial charge in [0.25, 0.3) is 5.69 Å². The molecule has 2 aromatic carbocycles. The zero-order valence-electron chi connectivity index (χ0n) is 13.9. The molecule has 138 valence electrons. The quantitative estimate of drug-likeness (QED) is 0.283. The van der Waals surface area contributed by atoms with Gasteiger partial charge in [0.05, 0.1) is 12.0 Å². The fourth-order valence-corrected chi connectivity index (χ4v) is 2.67. The van der Waals surface area contributed by atoms with Crippen LogP contribution in [0.1, 0.15) is 15.9 Å². The van der Waals surface area contributed by atoms with Crippen LogP contribution in [0.2, 0.25) is 5.02 Å². The Morgan fingerprint density at radius 3 is 2.70 bits per heavy atom. The number of esters is 1. The Morgan fingerprint density at radius 2 is 2.00 bits per heavy atom. The van der Waals surface area contributed by atoms with Gasteiger partial charge in [0, 0.05) is 34.2 Å². The molecule has 1 aromatic heterocycles. The lowest BCUT2D eigenvalue weighted by Crippen LogP contribution is -2.10.